The van der Waals surface area contributed by atoms with Crippen molar-refractivity contribution in [2.24, 2.45) is 5.92 Å². The van der Waals surface area contributed by atoms with Crippen molar-refractivity contribution in [2.75, 3.05) is 19.8 Å². The number of hydrogen-bond donors (Lipinski definition) is 0. The van der Waals surface area contributed by atoms with Crippen LogP contribution in [0.15, 0.2) is 85.5 Å². The summed E-state index contributed by atoms with van der Waals surface area (Å²) >= 11 is 0. The van der Waals surface area contributed by atoms with Crippen LogP contribution in [-0.4, -0.2) is 55.9 Å². The molecule has 5 rings (SSSR count). The van der Waals surface area contributed by atoms with E-state index in [-0.39, 0.29) is 19.2 Å². The summed E-state index contributed by atoms with van der Waals surface area (Å²) in [4.78, 5) is 49.8. The third-order valence-corrected chi connectivity index (χ3v) is 10.7. The number of unbranched alkanes of at least 4 members (excludes halogenated alkanes) is 5. The van der Waals surface area contributed by atoms with Crippen LogP contribution in [0.2, 0.25) is 0 Å². The maximum absolute atomic E-state index is 13.0. The molecule has 3 aromatic carbocycles. The van der Waals surface area contributed by atoms with E-state index in [4.69, 9.17) is 28.4 Å². The van der Waals surface area contributed by atoms with Gasteiger partial charge in [0.25, 0.3) is 0 Å². The molecule has 2 fully saturated rings. The highest BCUT2D eigenvalue weighted by molar-refractivity contribution is 5.91. The zero-order chi connectivity index (χ0) is 40.4. The van der Waals surface area contributed by atoms with Crippen molar-refractivity contribution in [1.82, 2.24) is 0 Å². The Morgan fingerprint density at radius 2 is 1.16 bits per heavy atom. The second-order valence-electron chi connectivity index (χ2n) is 14.9. The zero-order valence-electron chi connectivity index (χ0n) is 33.5. The Hall–Kier alpha value is -4.80. The summed E-state index contributed by atoms with van der Waals surface area (Å²) in [5.74, 6) is -0.474. The minimum Gasteiger partial charge on any atom is -0.464 e. The predicted octanol–water partition coefficient (Wildman–Crippen LogP) is 10.00. The molecule has 2 aliphatic rings. The highest BCUT2D eigenvalue weighted by Gasteiger charge is 2.47. The SMILES string of the molecule is C=CC(=O)OCCCCCC[C@H]1CC[C@H](c2ccc(-c3ccc(C(=O)Oc4ccc(C5O[C@@H](C(=O)OCCCC)[C@H](C(=O)OCCCC)O5)cc4)cc3)cc2)CC1. The van der Waals surface area contributed by atoms with Crippen LogP contribution in [0, 0.1) is 5.92 Å². The molecule has 0 bridgehead atoms. The Morgan fingerprint density at radius 1 is 0.632 bits per heavy atom. The summed E-state index contributed by atoms with van der Waals surface area (Å²) in [5.41, 5.74) is 4.45. The highest BCUT2D eigenvalue weighted by Crippen LogP contribution is 2.39. The van der Waals surface area contributed by atoms with Crippen LogP contribution in [-0.2, 0) is 38.1 Å². The van der Waals surface area contributed by atoms with E-state index in [1.807, 2.05) is 26.0 Å². The minimum atomic E-state index is -1.26. The van der Waals surface area contributed by atoms with Gasteiger partial charge in [0.2, 0.25) is 0 Å². The van der Waals surface area contributed by atoms with E-state index in [0.717, 1.165) is 42.7 Å². The number of rotatable bonds is 21. The van der Waals surface area contributed by atoms with Gasteiger partial charge in [0.1, 0.15) is 5.75 Å². The highest BCUT2D eigenvalue weighted by atomic mass is 16.8. The Kier molecular flexibility index (Phi) is 17.3. The van der Waals surface area contributed by atoms with Crippen LogP contribution >= 0.6 is 0 Å². The summed E-state index contributed by atoms with van der Waals surface area (Å²) in [7, 11) is 0. The summed E-state index contributed by atoms with van der Waals surface area (Å²) < 4.78 is 33.1. The molecule has 1 saturated heterocycles. The van der Waals surface area contributed by atoms with Crippen molar-refractivity contribution in [1.29, 1.82) is 0 Å². The molecule has 10 nitrogen and oxygen atoms in total. The predicted molar refractivity (Wildman–Crippen MR) is 216 cm³/mol. The van der Waals surface area contributed by atoms with E-state index < -0.39 is 36.4 Å². The normalized spacial score (nSPS) is 19.4. The van der Waals surface area contributed by atoms with Crippen molar-refractivity contribution in [3.63, 3.8) is 0 Å². The van der Waals surface area contributed by atoms with Gasteiger partial charge in [-0.25, -0.2) is 19.2 Å². The monoisotopic (exact) mass is 782 g/mol. The lowest BCUT2D eigenvalue weighted by atomic mass is 9.77. The molecule has 1 saturated carbocycles. The molecule has 1 aliphatic heterocycles. The van der Waals surface area contributed by atoms with Gasteiger partial charge in [0.15, 0.2) is 18.5 Å². The first-order valence-electron chi connectivity index (χ1n) is 20.8. The van der Waals surface area contributed by atoms with E-state index in [9.17, 15) is 19.2 Å². The molecule has 0 spiro atoms. The first-order chi connectivity index (χ1) is 27.8. The van der Waals surface area contributed by atoms with Crippen molar-refractivity contribution >= 4 is 23.9 Å². The quantitative estimate of drug-likeness (QED) is 0.0339. The number of esters is 4. The summed E-state index contributed by atoms with van der Waals surface area (Å²) in [5, 5.41) is 0. The van der Waals surface area contributed by atoms with E-state index in [0.29, 0.717) is 42.2 Å². The molecule has 0 N–H and O–H groups in total. The molecule has 10 heteroatoms. The molecule has 1 aliphatic carbocycles. The van der Waals surface area contributed by atoms with Crippen LogP contribution in [0.5, 0.6) is 5.75 Å². The van der Waals surface area contributed by atoms with Gasteiger partial charge in [-0.15, -0.1) is 0 Å². The van der Waals surface area contributed by atoms with Gasteiger partial charge in [-0.2, -0.15) is 0 Å². The largest absolute Gasteiger partial charge is 0.464 e. The smallest absolute Gasteiger partial charge is 0.343 e. The molecule has 2 atom stereocenters. The van der Waals surface area contributed by atoms with Crippen molar-refractivity contribution in [3.8, 4) is 16.9 Å². The fraction of sp³-hybridized carbons (Fsp3) is 0.489. The van der Waals surface area contributed by atoms with Gasteiger partial charge >= 0.3 is 23.9 Å². The van der Waals surface area contributed by atoms with Crippen LogP contribution < -0.4 is 4.74 Å². The second-order valence-corrected chi connectivity index (χ2v) is 14.9. The van der Waals surface area contributed by atoms with Crippen molar-refractivity contribution in [3.05, 3.63) is 102 Å². The average molecular weight is 783 g/mol. The standard InChI is InChI=1S/C47H58O10/c1-4-7-30-53-45(50)42-43(46(51)54-31-8-5-2)57-47(56-42)39-26-28-40(29-27-39)55-44(49)38-24-22-37(23-25-38)36-20-18-35(19-21-36)34-16-14-33(15-17-34)13-11-9-10-12-32-52-41(48)6-3/h6,18-29,33-34,42-43,47H,3-5,7-17,30-32H2,1-2H3/t33-,34-,42-,43-/m1/s1. The summed E-state index contributed by atoms with van der Waals surface area (Å²) in [6.45, 7) is 8.31. The molecule has 3 aromatic rings. The molecule has 57 heavy (non-hydrogen) atoms. The minimum absolute atomic E-state index is 0.221. The van der Waals surface area contributed by atoms with E-state index in [1.54, 1.807) is 36.4 Å². The van der Waals surface area contributed by atoms with Gasteiger partial charge in [0, 0.05) is 11.6 Å². The molecular weight excluding hydrogens is 725 g/mol. The molecular formula is C47H58O10. The molecule has 306 valence electrons. The molecule has 0 amide bonds. The molecule has 0 unspecified atom stereocenters. The van der Waals surface area contributed by atoms with Crippen molar-refractivity contribution in [2.45, 2.75) is 122 Å². The van der Waals surface area contributed by atoms with Crippen LogP contribution in [0.4, 0.5) is 0 Å². The summed E-state index contributed by atoms with van der Waals surface area (Å²) in [6, 6.07) is 22.7. The third-order valence-electron chi connectivity index (χ3n) is 10.7. The van der Waals surface area contributed by atoms with Crippen molar-refractivity contribution < 1.29 is 47.6 Å². The maximum atomic E-state index is 13.0. The van der Waals surface area contributed by atoms with Crippen LogP contribution in [0.3, 0.4) is 0 Å². The first-order valence-corrected chi connectivity index (χ1v) is 20.8. The Bertz CT molecular complexity index is 1700. The molecule has 0 aromatic heterocycles. The number of ether oxygens (including phenoxy) is 6. The Balaban J connectivity index is 1.07. The van der Waals surface area contributed by atoms with E-state index in [1.165, 1.54) is 56.6 Å². The van der Waals surface area contributed by atoms with E-state index in [2.05, 4.69) is 30.8 Å². The third kappa shape index (κ3) is 13.1. The van der Waals surface area contributed by atoms with Crippen LogP contribution in [0.1, 0.15) is 131 Å². The summed E-state index contributed by atoms with van der Waals surface area (Å²) in [6.07, 6.45) is 11.4. The molecule has 1 heterocycles. The molecule has 0 radical (unpaired) electrons. The maximum Gasteiger partial charge on any atom is 0.343 e. The lowest BCUT2D eigenvalue weighted by Crippen LogP contribution is -2.39. The first kappa shape index (κ1) is 43.3. The van der Waals surface area contributed by atoms with Gasteiger partial charge < -0.3 is 28.4 Å². The fourth-order valence-electron chi connectivity index (χ4n) is 7.27. The second kappa shape index (κ2) is 22.8. The fourth-order valence-corrected chi connectivity index (χ4v) is 7.27. The zero-order valence-corrected chi connectivity index (χ0v) is 33.5. The van der Waals surface area contributed by atoms with Gasteiger partial charge in [-0.3, -0.25) is 0 Å². The Morgan fingerprint density at radius 3 is 1.72 bits per heavy atom. The van der Waals surface area contributed by atoms with Gasteiger partial charge in [-0.1, -0.05) is 107 Å². The lowest BCUT2D eigenvalue weighted by Gasteiger charge is -2.29. The number of carbonyl (C=O) groups is 4. The average Bonchev–Trinajstić information content (AvgIpc) is 3.70. The van der Waals surface area contributed by atoms with Gasteiger partial charge in [0.05, 0.1) is 25.4 Å². The number of hydrogen-bond acceptors (Lipinski definition) is 10. The lowest BCUT2D eigenvalue weighted by molar-refractivity contribution is -0.163. The van der Waals surface area contributed by atoms with E-state index >= 15 is 0 Å². The van der Waals surface area contributed by atoms with Gasteiger partial charge in [-0.05, 0) is 97.7 Å². The number of benzene rings is 3. The van der Waals surface area contributed by atoms with Crippen LogP contribution in [0.25, 0.3) is 11.1 Å². The number of carbonyl (C=O) groups excluding carboxylic acids is 4. The Labute approximate surface area is 337 Å². The topological polar surface area (TPSA) is 124 Å².